The summed E-state index contributed by atoms with van der Waals surface area (Å²) in [4.78, 5) is 31.6. The van der Waals surface area contributed by atoms with Crippen LogP contribution < -0.4 is 0 Å². The maximum absolute atomic E-state index is 12.2. The van der Waals surface area contributed by atoms with Gasteiger partial charge in [-0.1, -0.05) is 11.8 Å². The van der Waals surface area contributed by atoms with E-state index in [-0.39, 0.29) is 25.1 Å². The van der Waals surface area contributed by atoms with Crippen molar-refractivity contribution in [1.82, 2.24) is 14.7 Å². The van der Waals surface area contributed by atoms with Gasteiger partial charge in [-0.3, -0.25) is 9.69 Å². The van der Waals surface area contributed by atoms with Crippen LogP contribution >= 0.6 is 11.3 Å². The Balaban J connectivity index is 1.69. The first-order chi connectivity index (χ1) is 12.4. The largest absolute Gasteiger partial charge is 0.481 e. The second kappa shape index (κ2) is 7.27. The van der Waals surface area contributed by atoms with Crippen molar-refractivity contribution in [3.05, 3.63) is 21.9 Å². The summed E-state index contributed by atoms with van der Waals surface area (Å²) in [7, 11) is 3.37. The number of carboxylic acid groups (broad SMARTS) is 1. The summed E-state index contributed by atoms with van der Waals surface area (Å²) in [5.74, 6) is 4.65. The lowest BCUT2D eigenvalue weighted by Gasteiger charge is -2.26. The highest BCUT2D eigenvalue weighted by Gasteiger charge is 2.58. The van der Waals surface area contributed by atoms with Gasteiger partial charge in [0.25, 0.3) is 0 Å². The van der Waals surface area contributed by atoms with Gasteiger partial charge in [0.05, 0.1) is 4.88 Å². The van der Waals surface area contributed by atoms with Crippen LogP contribution in [0, 0.1) is 23.2 Å². The van der Waals surface area contributed by atoms with Gasteiger partial charge in [-0.05, 0) is 12.1 Å². The Bertz CT molecular complexity index is 766. The lowest BCUT2D eigenvalue weighted by atomic mass is 9.81. The highest BCUT2D eigenvalue weighted by Crippen LogP contribution is 2.43. The van der Waals surface area contributed by atoms with E-state index < -0.39 is 11.4 Å². The summed E-state index contributed by atoms with van der Waals surface area (Å²) in [6.45, 7) is 2.37. The zero-order valence-corrected chi connectivity index (χ0v) is 15.8. The maximum Gasteiger partial charge on any atom is 0.319 e. The molecule has 2 atom stereocenters. The molecule has 0 aromatic carbocycles. The Labute approximate surface area is 156 Å². The van der Waals surface area contributed by atoms with Crippen LogP contribution in [0.4, 0.5) is 4.79 Å². The molecule has 3 heterocycles. The molecule has 0 aliphatic carbocycles. The van der Waals surface area contributed by atoms with Crippen LogP contribution in [-0.4, -0.2) is 83.8 Å². The standard InChI is InChI=1S/C18H23N3O4S/c1-19(2)17(25)21-9-13-8-20(11-18(13,12-21)16(23)24)10-15-6-5-14(26-15)4-3-7-22/h5-6,13,22H,7-12H2,1-2H3,(H,23,24)/t13-,18-/m1/s1. The molecule has 26 heavy (non-hydrogen) atoms. The summed E-state index contributed by atoms with van der Waals surface area (Å²) < 4.78 is 0. The number of amides is 2. The highest BCUT2D eigenvalue weighted by atomic mass is 32.1. The Morgan fingerprint density at radius 3 is 2.73 bits per heavy atom. The number of urea groups is 1. The molecule has 7 nitrogen and oxygen atoms in total. The number of rotatable bonds is 3. The summed E-state index contributed by atoms with van der Waals surface area (Å²) in [6, 6.07) is 3.79. The quantitative estimate of drug-likeness (QED) is 0.754. The van der Waals surface area contributed by atoms with E-state index >= 15 is 0 Å². The number of carbonyl (C=O) groups is 2. The van der Waals surface area contributed by atoms with E-state index in [2.05, 4.69) is 16.7 Å². The summed E-state index contributed by atoms with van der Waals surface area (Å²) >= 11 is 1.56. The molecule has 0 bridgehead atoms. The third kappa shape index (κ3) is 3.43. The van der Waals surface area contributed by atoms with E-state index in [1.54, 1.807) is 30.3 Å². The molecule has 8 heteroatoms. The average molecular weight is 377 g/mol. The van der Waals surface area contributed by atoms with Gasteiger partial charge in [-0.25, -0.2) is 4.79 Å². The van der Waals surface area contributed by atoms with Crippen molar-refractivity contribution in [2.75, 3.05) is 46.9 Å². The lowest BCUT2D eigenvalue weighted by molar-refractivity contribution is -0.148. The van der Waals surface area contributed by atoms with Crippen molar-refractivity contribution in [2.24, 2.45) is 11.3 Å². The Hall–Kier alpha value is -2.08. The van der Waals surface area contributed by atoms with Crippen LogP contribution in [0.3, 0.4) is 0 Å². The molecule has 1 aromatic rings. The van der Waals surface area contributed by atoms with Crippen molar-refractivity contribution >= 4 is 23.3 Å². The molecule has 0 unspecified atom stereocenters. The van der Waals surface area contributed by atoms with Crippen LogP contribution in [0.2, 0.25) is 0 Å². The molecule has 2 saturated heterocycles. The molecule has 2 amide bonds. The summed E-state index contributed by atoms with van der Waals surface area (Å²) in [6.07, 6.45) is 0. The minimum Gasteiger partial charge on any atom is -0.481 e. The zero-order chi connectivity index (χ0) is 18.9. The van der Waals surface area contributed by atoms with Crippen molar-refractivity contribution < 1.29 is 19.8 Å². The van der Waals surface area contributed by atoms with Crippen molar-refractivity contribution in [3.63, 3.8) is 0 Å². The third-order valence-electron chi connectivity index (χ3n) is 5.09. The average Bonchev–Trinajstić information content (AvgIpc) is 3.25. The lowest BCUT2D eigenvalue weighted by Crippen LogP contribution is -2.44. The fraction of sp³-hybridized carbons (Fsp3) is 0.556. The predicted octanol–water partition coefficient (Wildman–Crippen LogP) is 0.592. The number of fused-ring (bicyclic) bond motifs is 1. The van der Waals surface area contributed by atoms with E-state index in [0.29, 0.717) is 26.2 Å². The van der Waals surface area contributed by atoms with Crippen LogP contribution in [-0.2, 0) is 11.3 Å². The fourth-order valence-corrected chi connectivity index (χ4v) is 4.82. The molecule has 2 N–H and O–H groups in total. The van der Waals surface area contributed by atoms with Crippen LogP contribution in [0.5, 0.6) is 0 Å². The van der Waals surface area contributed by atoms with E-state index in [1.165, 1.54) is 4.90 Å². The molecule has 0 spiro atoms. The molecule has 0 saturated carbocycles. The Morgan fingerprint density at radius 2 is 2.12 bits per heavy atom. The molecule has 2 aliphatic heterocycles. The molecule has 0 radical (unpaired) electrons. The van der Waals surface area contributed by atoms with Crippen LogP contribution in [0.1, 0.15) is 9.75 Å². The number of likely N-dealkylation sites (tertiary alicyclic amines) is 2. The number of carbonyl (C=O) groups excluding carboxylic acids is 1. The van der Waals surface area contributed by atoms with Gasteiger partial charge < -0.3 is 20.0 Å². The maximum atomic E-state index is 12.2. The Kier molecular flexibility index (Phi) is 5.23. The number of aliphatic hydroxyl groups excluding tert-OH is 1. The Morgan fingerprint density at radius 1 is 1.35 bits per heavy atom. The SMILES string of the molecule is CN(C)C(=O)N1C[C@H]2CN(Cc3ccc(C#CCO)s3)C[C@@]2(C(=O)O)C1. The van der Waals surface area contributed by atoms with Crippen molar-refractivity contribution in [1.29, 1.82) is 0 Å². The number of aliphatic carboxylic acids is 1. The van der Waals surface area contributed by atoms with Gasteiger partial charge in [0.1, 0.15) is 12.0 Å². The molecule has 2 aliphatic rings. The number of hydrogen-bond acceptors (Lipinski definition) is 5. The summed E-state index contributed by atoms with van der Waals surface area (Å²) in [5, 5.41) is 18.6. The van der Waals surface area contributed by atoms with Gasteiger partial charge in [0, 0.05) is 57.6 Å². The van der Waals surface area contributed by atoms with Gasteiger partial charge >= 0.3 is 12.0 Å². The molecule has 1 aromatic heterocycles. The first-order valence-electron chi connectivity index (χ1n) is 8.46. The van der Waals surface area contributed by atoms with E-state index in [0.717, 1.165) is 9.75 Å². The van der Waals surface area contributed by atoms with Gasteiger partial charge in [-0.15, -0.1) is 11.3 Å². The van der Waals surface area contributed by atoms with Crippen LogP contribution in [0.15, 0.2) is 12.1 Å². The minimum atomic E-state index is -0.886. The van der Waals surface area contributed by atoms with Crippen LogP contribution in [0.25, 0.3) is 0 Å². The molecular formula is C18H23N3O4S. The fourth-order valence-electron chi connectivity index (χ4n) is 3.90. The van der Waals surface area contributed by atoms with E-state index in [1.807, 2.05) is 12.1 Å². The third-order valence-corrected chi connectivity index (χ3v) is 6.08. The summed E-state index contributed by atoms with van der Waals surface area (Å²) in [5.41, 5.74) is -0.886. The number of nitrogens with zero attached hydrogens (tertiary/aromatic N) is 3. The topological polar surface area (TPSA) is 84.3 Å². The normalized spacial score (nSPS) is 24.9. The van der Waals surface area contributed by atoms with Gasteiger partial charge in [-0.2, -0.15) is 0 Å². The molecule has 140 valence electrons. The van der Waals surface area contributed by atoms with E-state index in [4.69, 9.17) is 5.11 Å². The van der Waals surface area contributed by atoms with Crippen molar-refractivity contribution in [3.8, 4) is 11.8 Å². The van der Waals surface area contributed by atoms with Crippen molar-refractivity contribution in [2.45, 2.75) is 6.54 Å². The highest BCUT2D eigenvalue weighted by molar-refractivity contribution is 7.12. The number of hydrogen-bond donors (Lipinski definition) is 2. The predicted molar refractivity (Wildman–Crippen MR) is 97.8 cm³/mol. The monoisotopic (exact) mass is 377 g/mol. The van der Waals surface area contributed by atoms with E-state index in [9.17, 15) is 14.7 Å². The smallest absolute Gasteiger partial charge is 0.319 e. The second-order valence-electron chi connectivity index (χ2n) is 7.11. The minimum absolute atomic E-state index is 0.0579. The zero-order valence-electron chi connectivity index (χ0n) is 14.9. The second-order valence-corrected chi connectivity index (χ2v) is 8.28. The molecular weight excluding hydrogens is 354 g/mol. The number of thiophene rings is 1. The molecule has 3 rings (SSSR count). The number of carboxylic acids is 1. The number of aliphatic hydroxyl groups is 1. The first-order valence-corrected chi connectivity index (χ1v) is 9.28. The van der Waals surface area contributed by atoms with Gasteiger partial charge in [0.15, 0.2) is 0 Å². The first kappa shape index (κ1) is 18.7. The van der Waals surface area contributed by atoms with Gasteiger partial charge in [0.2, 0.25) is 0 Å². The molecule has 2 fully saturated rings.